The number of methoxy groups -OCH3 is 1. The van der Waals surface area contributed by atoms with Crippen molar-refractivity contribution in [3.05, 3.63) is 245 Å². The summed E-state index contributed by atoms with van der Waals surface area (Å²) in [5.41, 5.74) is 6.71. The van der Waals surface area contributed by atoms with Gasteiger partial charge in [0.1, 0.15) is 48.8 Å². The van der Waals surface area contributed by atoms with E-state index in [0.717, 1.165) is 39.1 Å². The fourth-order valence-electron chi connectivity index (χ4n) is 9.04. The number of ether oxygens (including phenoxy) is 11. The van der Waals surface area contributed by atoms with Gasteiger partial charge in [0.2, 0.25) is 0 Å². The minimum Gasteiger partial charge on any atom is -0.374 e. The minimum atomic E-state index is -1.03. The SMILES string of the molecule is CO[C@H]1O[C@H](CO[C@@H]2O[C@H](COCc3ccccc3)[C@@H](OCc3ccccc3)[C@H](OCc3ccccc3)[C@H]2OCc2ccccn2)[C@@H](OCc2ccccc2)[C@H](OCc2ccccc2)[C@H]1OCc1ccccc1. The van der Waals surface area contributed by atoms with Crippen LogP contribution in [0.2, 0.25) is 0 Å². The molecule has 9 rings (SSSR count). The summed E-state index contributed by atoms with van der Waals surface area (Å²) < 4.78 is 75.0. The fourth-order valence-corrected chi connectivity index (χ4v) is 9.04. The van der Waals surface area contributed by atoms with Crippen LogP contribution in [-0.4, -0.2) is 86.7 Å². The van der Waals surface area contributed by atoms with E-state index in [0.29, 0.717) is 19.8 Å². The van der Waals surface area contributed by atoms with Crippen LogP contribution in [0.3, 0.4) is 0 Å². The third-order valence-corrected chi connectivity index (χ3v) is 12.8. The molecule has 0 N–H and O–H groups in total. The molecule has 0 spiro atoms. The van der Waals surface area contributed by atoms with Crippen LogP contribution in [0.4, 0.5) is 0 Å². The molecular weight excluding hydrogens is 923 g/mol. The lowest BCUT2D eigenvalue weighted by Crippen LogP contribution is -2.64. The zero-order valence-electron chi connectivity index (χ0n) is 41.2. The minimum absolute atomic E-state index is 0.0252. The van der Waals surface area contributed by atoms with Gasteiger partial charge >= 0.3 is 0 Å². The highest BCUT2D eigenvalue weighted by molar-refractivity contribution is 5.18. The average molecular weight is 988 g/mol. The molecule has 7 aromatic rings. The van der Waals surface area contributed by atoms with Gasteiger partial charge < -0.3 is 52.1 Å². The molecule has 2 aliphatic heterocycles. The molecule has 10 atom stereocenters. The van der Waals surface area contributed by atoms with Crippen molar-refractivity contribution < 1.29 is 52.1 Å². The summed E-state index contributed by atoms with van der Waals surface area (Å²) in [5.74, 6) is 0. The second kappa shape index (κ2) is 27.9. The third kappa shape index (κ3) is 15.3. The van der Waals surface area contributed by atoms with Gasteiger partial charge in [-0.1, -0.05) is 188 Å². The van der Waals surface area contributed by atoms with Crippen molar-refractivity contribution in [3.8, 4) is 0 Å². The first-order valence-corrected chi connectivity index (χ1v) is 25.0. The molecule has 0 radical (unpaired) electrons. The Kier molecular flexibility index (Phi) is 19.8. The quantitative estimate of drug-likeness (QED) is 0.0515. The van der Waals surface area contributed by atoms with E-state index in [9.17, 15) is 0 Å². The van der Waals surface area contributed by atoms with Crippen LogP contribution < -0.4 is 0 Å². The van der Waals surface area contributed by atoms with E-state index >= 15 is 0 Å². The van der Waals surface area contributed by atoms with Crippen LogP contribution >= 0.6 is 0 Å². The van der Waals surface area contributed by atoms with Crippen molar-refractivity contribution in [1.82, 2.24) is 4.98 Å². The number of benzene rings is 6. The summed E-state index contributed by atoms with van der Waals surface area (Å²) in [6.45, 7) is 2.06. The predicted octanol–water partition coefficient (Wildman–Crippen LogP) is 10.2. The standard InChI is InChI=1S/C61H65NO11/c1-63-60-58(69-41-50-32-18-7-19-33-50)56(67-39-48-28-14-5-15-29-48)55(66-38-47-26-12-4-13-27-47)53(72-60)44-71-61-59(70-42-51-34-20-21-35-62-51)57(68-40-49-30-16-6-17-31-49)54(65-37-46-24-10-3-11-25-46)52(73-61)43-64-36-45-22-8-2-9-23-45/h2-35,52-61H,36-44H2,1H3/t52-,53-,54-,55-,56+,57+,58-,59-,60+,61-/m1/s1. The summed E-state index contributed by atoms with van der Waals surface area (Å²) in [7, 11) is 1.61. The zero-order valence-corrected chi connectivity index (χ0v) is 41.2. The summed E-state index contributed by atoms with van der Waals surface area (Å²) in [4.78, 5) is 4.59. The first-order valence-electron chi connectivity index (χ1n) is 25.0. The number of hydrogen-bond acceptors (Lipinski definition) is 12. The highest BCUT2D eigenvalue weighted by Crippen LogP contribution is 2.35. The van der Waals surface area contributed by atoms with Crippen LogP contribution in [0.25, 0.3) is 0 Å². The molecule has 3 heterocycles. The van der Waals surface area contributed by atoms with E-state index < -0.39 is 61.4 Å². The van der Waals surface area contributed by atoms with Gasteiger partial charge in [-0.15, -0.1) is 0 Å². The molecule has 2 saturated heterocycles. The van der Waals surface area contributed by atoms with Crippen molar-refractivity contribution in [3.63, 3.8) is 0 Å². The monoisotopic (exact) mass is 987 g/mol. The Bertz CT molecular complexity index is 2570. The van der Waals surface area contributed by atoms with Crippen LogP contribution in [0.5, 0.6) is 0 Å². The van der Waals surface area contributed by atoms with Gasteiger partial charge in [-0.25, -0.2) is 0 Å². The lowest BCUT2D eigenvalue weighted by molar-refractivity contribution is -0.351. The summed E-state index contributed by atoms with van der Waals surface area (Å²) in [5, 5.41) is 0. The van der Waals surface area contributed by atoms with Gasteiger partial charge in [-0.3, -0.25) is 4.98 Å². The van der Waals surface area contributed by atoms with E-state index in [4.69, 9.17) is 52.1 Å². The largest absolute Gasteiger partial charge is 0.374 e. The lowest BCUT2D eigenvalue weighted by atomic mass is 9.97. The molecule has 73 heavy (non-hydrogen) atoms. The van der Waals surface area contributed by atoms with E-state index in [2.05, 4.69) is 4.98 Å². The molecule has 0 amide bonds. The average Bonchev–Trinajstić information content (AvgIpc) is 3.45. The molecule has 0 aliphatic carbocycles. The molecular formula is C61H65NO11. The maximum atomic E-state index is 7.08. The molecule has 0 saturated carbocycles. The van der Waals surface area contributed by atoms with Gasteiger partial charge in [0.05, 0.1) is 65.2 Å². The Morgan fingerprint density at radius 3 is 1.08 bits per heavy atom. The molecule has 0 unspecified atom stereocenters. The molecule has 12 nitrogen and oxygen atoms in total. The smallest absolute Gasteiger partial charge is 0.187 e. The van der Waals surface area contributed by atoms with Crippen LogP contribution in [0.15, 0.2) is 206 Å². The van der Waals surface area contributed by atoms with Gasteiger partial charge in [0, 0.05) is 13.3 Å². The fraction of sp³-hybridized carbons (Fsp3) is 0.328. The van der Waals surface area contributed by atoms with Gasteiger partial charge in [-0.05, 0) is 45.5 Å². The topological polar surface area (TPSA) is 114 Å². The molecule has 12 heteroatoms. The van der Waals surface area contributed by atoms with E-state index in [1.54, 1.807) is 13.3 Å². The highest BCUT2D eigenvalue weighted by Gasteiger charge is 2.52. The Morgan fingerprint density at radius 1 is 0.329 bits per heavy atom. The first-order chi connectivity index (χ1) is 36.2. The number of hydrogen-bond donors (Lipinski definition) is 0. The number of nitrogens with zero attached hydrogens (tertiary/aromatic N) is 1. The van der Waals surface area contributed by atoms with Crippen molar-refractivity contribution >= 4 is 0 Å². The lowest BCUT2D eigenvalue weighted by Gasteiger charge is -2.48. The van der Waals surface area contributed by atoms with Crippen LogP contribution in [-0.2, 0) is 98.4 Å². The zero-order chi connectivity index (χ0) is 49.7. The number of rotatable bonds is 26. The van der Waals surface area contributed by atoms with Crippen LogP contribution in [0, 0.1) is 0 Å². The third-order valence-electron chi connectivity index (χ3n) is 12.8. The molecule has 2 fully saturated rings. The van der Waals surface area contributed by atoms with Gasteiger partial charge in [0.25, 0.3) is 0 Å². The molecule has 2 aliphatic rings. The van der Waals surface area contributed by atoms with Crippen molar-refractivity contribution in [2.75, 3.05) is 20.3 Å². The second-order valence-electron chi connectivity index (χ2n) is 18.1. The van der Waals surface area contributed by atoms with Crippen molar-refractivity contribution in [1.29, 1.82) is 0 Å². The Morgan fingerprint density at radius 2 is 0.671 bits per heavy atom. The number of pyridine rings is 1. The molecule has 0 bridgehead atoms. The van der Waals surface area contributed by atoms with Crippen LogP contribution in [0.1, 0.15) is 39.1 Å². The summed E-state index contributed by atoms with van der Waals surface area (Å²) in [6.07, 6.45) is -5.90. The summed E-state index contributed by atoms with van der Waals surface area (Å²) >= 11 is 0. The molecule has 6 aromatic carbocycles. The summed E-state index contributed by atoms with van der Waals surface area (Å²) in [6, 6.07) is 65.9. The molecule has 1 aromatic heterocycles. The highest BCUT2D eigenvalue weighted by atomic mass is 16.7. The second-order valence-corrected chi connectivity index (χ2v) is 18.1. The molecule has 380 valence electrons. The van der Waals surface area contributed by atoms with Crippen molar-refractivity contribution in [2.24, 2.45) is 0 Å². The Balaban J connectivity index is 1.05. The van der Waals surface area contributed by atoms with E-state index in [1.165, 1.54) is 0 Å². The Labute approximate surface area is 429 Å². The Hall–Kier alpha value is -5.97. The maximum absolute atomic E-state index is 7.08. The maximum Gasteiger partial charge on any atom is 0.187 e. The normalized spacial score (nSPS) is 24.0. The van der Waals surface area contributed by atoms with Gasteiger partial charge in [-0.2, -0.15) is 0 Å². The number of aromatic nitrogens is 1. The predicted molar refractivity (Wildman–Crippen MR) is 274 cm³/mol. The van der Waals surface area contributed by atoms with E-state index in [1.807, 2.05) is 200 Å². The first kappa shape index (κ1) is 51.9. The van der Waals surface area contributed by atoms with Crippen molar-refractivity contribution in [2.45, 2.75) is 108 Å². The van der Waals surface area contributed by atoms with Gasteiger partial charge in [0.15, 0.2) is 12.6 Å². The van der Waals surface area contributed by atoms with E-state index in [-0.39, 0.29) is 39.6 Å².